The van der Waals surface area contributed by atoms with Crippen LogP contribution < -0.4 is 5.32 Å². The smallest absolute Gasteiger partial charge is 0.0451 e. The number of pyridine rings is 1. The molecule has 0 saturated carbocycles. The maximum atomic E-state index is 6.15. The molecular formula is C14H14BrClN2. The van der Waals surface area contributed by atoms with Crippen molar-refractivity contribution in [2.45, 2.75) is 19.5 Å². The Labute approximate surface area is 121 Å². The van der Waals surface area contributed by atoms with E-state index in [0.717, 1.165) is 21.6 Å². The molecule has 0 radical (unpaired) electrons. The Morgan fingerprint density at radius 2 is 2.00 bits per heavy atom. The van der Waals surface area contributed by atoms with Crippen molar-refractivity contribution in [2.75, 3.05) is 0 Å². The second-order valence-electron chi connectivity index (χ2n) is 4.12. The van der Waals surface area contributed by atoms with Crippen LogP contribution in [0.1, 0.15) is 24.1 Å². The highest BCUT2D eigenvalue weighted by atomic mass is 79.9. The van der Waals surface area contributed by atoms with Gasteiger partial charge < -0.3 is 5.32 Å². The first-order valence-electron chi connectivity index (χ1n) is 5.74. The number of nitrogens with zero attached hydrogens (tertiary/aromatic N) is 1. The lowest BCUT2D eigenvalue weighted by molar-refractivity contribution is 0.574. The summed E-state index contributed by atoms with van der Waals surface area (Å²) < 4.78 is 1.04. The van der Waals surface area contributed by atoms with Gasteiger partial charge in [0.1, 0.15) is 0 Å². The molecule has 1 atom stereocenters. The maximum absolute atomic E-state index is 6.15. The van der Waals surface area contributed by atoms with Gasteiger partial charge in [0.05, 0.1) is 0 Å². The largest absolute Gasteiger partial charge is 0.306 e. The van der Waals surface area contributed by atoms with Gasteiger partial charge in [-0.1, -0.05) is 27.5 Å². The zero-order valence-corrected chi connectivity index (χ0v) is 12.4. The van der Waals surface area contributed by atoms with Gasteiger partial charge in [-0.15, -0.1) is 0 Å². The van der Waals surface area contributed by atoms with Gasteiger partial charge in [0.15, 0.2) is 0 Å². The van der Waals surface area contributed by atoms with Crippen molar-refractivity contribution in [3.05, 3.63) is 63.3 Å². The van der Waals surface area contributed by atoms with Crippen LogP contribution in [0.5, 0.6) is 0 Å². The van der Waals surface area contributed by atoms with Crippen molar-refractivity contribution in [1.82, 2.24) is 10.3 Å². The lowest BCUT2D eigenvalue weighted by atomic mass is 10.1. The minimum Gasteiger partial charge on any atom is -0.306 e. The molecule has 0 unspecified atom stereocenters. The van der Waals surface area contributed by atoms with Crippen molar-refractivity contribution in [3.63, 3.8) is 0 Å². The molecule has 1 heterocycles. The van der Waals surface area contributed by atoms with E-state index >= 15 is 0 Å². The summed E-state index contributed by atoms with van der Waals surface area (Å²) in [6, 6.07) is 10.2. The quantitative estimate of drug-likeness (QED) is 0.904. The average Bonchev–Trinajstić information content (AvgIpc) is 2.40. The molecule has 0 saturated heterocycles. The zero-order chi connectivity index (χ0) is 13.0. The van der Waals surface area contributed by atoms with Gasteiger partial charge in [-0.2, -0.15) is 0 Å². The Hall–Kier alpha value is -0.900. The van der Waals surface area contributed by atoms with Gasteiger partial charge >= 0.3 is 0 Å². The molecule has 2 rings (SSSR count). The fourth-order valence-corrected chi connectivity index (χ4v) is 2.30. The molecular weight excluding hydrogens is 312 g/mol. The Morgan fingerprint density at radius 1 is 1.28 bits per heavy atom. The number of hydrogen-bond acceptors (Lipinski definition) is 2. The summed E-state index contributed by atoms with van der Waals surface area (Å²) in [7, 11) is 0. The van der Waals surface area contributed by atoms with E-state index in [1.807, 2.05) is 30.3 Å². The first-order valence-corrected chi connectivity index (χ1v) is 6.91. The fraction of sp³-hybridized carbons (Fsp3) is 0.214. The molecule has 1 aromatic heterocycles. The Kier molecular flexibility index (Phi) is 4.75. The van der Waals surface area contributed by atoms with Gasteiger partial charge in [0.25, 0.3) is 0 Å². The van der Waals surface area contributed by atoms with E-state index in [1.165, 1.54) is 5.56 Å². The lowest BCUT2D eigenvalue weighted by Crippen LogP contribution is -2.18. The number of nitrogens with one attached hydrogen (secondary N) is 1. The van der Waals surface area contributed by atoms with E-state index in [2.05, 4.69) is 33.2 Å². The predicted octanol–water partition coefficient (Wildman–Crippen LogP) is 4.35. The van der Waals surface area contributed by atoms with Crippen molar-refractivity contribution >= 4 is 27.5 Å². The predicted molar refractivity (Wildman–Crippen MR) is 78.6 cm³/mol. The van der Waals surface area contributed by atoms with E-state index in [4.69, 9.17) is 11.6 Å². The summed E-state index contributed by atoms with van der Waals surface area (Å²) in [4.78, 5) is 4.02. The van der Waals surface area contributed by atoms with Crippen LogP contribution >= 0.6 is 27.5 Å². The minimum atomic E-state index is 0.267. The van der Waals surface area contributed by atoms with E-state index in [1.54, 1.807) is 12.4 Å². The molecule has 0 spiro atoms. The summed E-state index contributed by atoms with van der Waals surface area (Å²) >= 11 is 9.61. The van der Waals surface area contributed by atoms with Crippen LogP contribution in [0.3, 0.4) is 0 Å². The lowest BCUT2D eigenvalue weighted by Gasteiger charge is -2.14. The van der Waals surface area contributed by atoms with Crippen molar-refractivity contribution in [3.8, 4) is 0 Å². The molecule has 0 aliphatic heterocycles. The van der Waals surface area contributed by atoms with Crippen molar-refractivity contribution in [1.29, 1.82) is 0 Å². The van der Waals surface area contributed by atoms with Gasteiger partial charge in [-0.25, -0.2) is 0 Å². The topological polar surface area (TPSA) is 24.9 Å². The van der Waals surface area contributed by atoms with Crippen molar-refractivity contribution in [2.24, 2.45) is 0 Å². The van der Waals surface area contributed by atoms with Crippen molar-refractivity contribution < 1.29 is 0 Å². The highest BCUT2D eigenvalue weighted by Crippen LogP contribution is 2.21. The van der Waals surface area contributed by atoms with Gasteiger partial charge in [0, 0.05) is 34.5 Å². The van der Waals surface area contributed by atoms with E-state index in [0.29, 0.717) is 0 Å². The Balaban J connectivity index is 2.01. The van der Waals surface area contributed by atoms with Crippen LogP contribution in [0.4, 0.5) is 0 Å². The molecule has 0 fully saturated rings. The maximum Gasteiger partial charge on any atom is 0.0451 e. The number of benzene rings is 1. The van der Waals surface area contributed by atoms with Crippen LogP contribution in [0.25, 0.3) is 0 Å². The van der Waals surface area contributed by atoms with Gasteiger partial charge in [-0.3, -0.25) is 4.98 Å². The monoisotopic (exact) mass is 324 g/mol. The molecule has 4 heteroatoms. The molecule has 1 N–H and O–H groups in total. The summed E-state index contributed by atoms with van der Waals surface area (Å²) in [5.74, 6) is 0. The number of halogens is 2. The second kappa shape index (κ2) is 6.32. The second-order valence-corrected chi connectivity index (χ2v) is 5.44. The van der Waals surface area contributed by atoms with Crippen LogP contribution in [-0.2, 0) is 6.54 Å². The standard InChI is InChI=1S/C14H14BrClN2/c1-10(11-4-6-17-7-5-11)18-9-12-8-13(15)2-3-14(12)16/h2-8,10,18H,9H2,1H3/t10-/m1/s1. The molecule has 18 heavy (non-hydrogen) atoms. The van der Waals surface area contributed by atoms with E-state index < -0.39 is 0 Å². The molecule has 0 aliphatic carbocycles. The molecule has 94 valence electrons. The molecule has 0 aliphatic rings. The summed E-state index contributed by atoms with van der Waals surface area (Å²) in [5.41, 5.74) is 2.31. The average molecular weight is 326 g/mol. The van der Waals surface area contributed by atoms with Crippen LogP contribution in [0, 0.1) is 0 Å². The first-order chi connectivity index (χ1) is 8.66. The third-order valence-corrected chi connectivity index (χ3v) is 3.67. The highest BCUT2D eigenvalue weighted by molar-refractivity contribution is 9.10. The third-order valence-electron chi connectivity index (χ3n) is 2.81. The van der Waals surface area contributed by atoms with Crippen LogP contribution in [0.15, 0.2) is 47.2 Å². The minimum absolute atomic E-state index is 0.267. The number of aromatic nitrogens is 1. The Bertz CT molecular complexity index is 516. The molecule has 0 amide bonds. The Morgan fingerprint density at radius 3 is 2.72 bits per heavy atom. The van der Waals surface area contributed by atoms with E-state index in [9.17, 15) is 0 Å². The van der Waals surface area contributed by atoms with Gasteiger partial charge in [-0.05, 0) is 48.4 Å². The normalized spacial score (nSPS) is 12.4. The van der Waals surface area contributed by atoms with Crippen LogP contribution in [-0.4, -0.2) is 4.98 Å². The highest BCUT2D eigenvalue weighted by Gasteiger charge is 2.06. The van der Waals surface area contributed by atoms with E-state index in [-0.39, 0.29) is 6.04 Å². The molecule has 1 aromatic carbocycles. The first kappa shape index (κ1) is 13.5. The van der Waals surface area contributed by atoms with Gasteiger partial charge in [0.2, 0.25) is 0 Å². The zero-order valence-electron chi connectivity index (χ0n) is 10.0. The third kappa shape index (κ3) is 3.55. The molecule has 2 aromatic rings. The fourth-order valence-electron chi connectivity index (χ4n) is 1.71. The molecule has 0 bridgehead atoms. The number of hydrogen-bond donors (Lipinski definition) is 1. The number of rotatable bonds is 4. The van der Waals surface area contributed by atoms with Crippen LogP contribution in [0.2, 0.25) is 5.02 Å². The summed E-state index contributed by atoms with van der Waals surface area (Å²) in [5, 5.41) is 4.24. The summed E-state index contributed by atoms with van der Waals surface area (Å²) in [6.07, 6.45) is 3.61. The summed E-state index contributed by atoms with van der Waals surface area (Å²) in [6.45, 7) is 2.86. The SMILES string of the molecule is C[C@@H](NCc1cc(Br)ccc1Cl)c1ccncc1. The molecule has 2 nitrogen and oxygen atoms in total.